The third-order valence-electron chi connectivity index (χ3n) is 2.55. The molecule has 0 fully saturated rings. The molecule has 0 spiro atoms. The van der Waals surface area contributed by atoms with E-state index in [1.165, 1.54) is 6.92 Å². The van der Waals surface area contributed by atoms with Gasteiger partial charge in [-0.05, 0) is 11.0 Å². The fourth-order valence-corrected chi connectivity index (χ4v) is 1.52. The molecule has 0 aliphatic rings. The van der Waals surface area contributed by atoms with E-state index < -0.39 is 0 Å². The maximum absolute atomic E-state index is 11.4. The molecule has 0 aromatic heterocycles. The minimum absolute atomic E-state index is 0.270. The van der Waals surface area contributed by atoms with Crippen molar-refractivity contribution in [3.8, 4) is 0 Å². The van der Waals surface area contributed by atoms with Crippen LogP contribution in [-0.4, -0.2) is 11.6 Å². The first-order valence-corrected chi connectivity index (χ1v) is 5.03. The van der Waals surface area contributed by atoms with Crippen molar-refractivity contribution in [3.63, 3.8) is 0 Å². The smallest absolute Gasteiger partial charge is 0.198 e. The zero-order valence-electron chi connectivity index (χ0n) is 9.41. The molecule has 1 rings (SSSR count). The highest BCUT2D eigenvalue weighted by atomic mass is 16.2. The Morgan fingerprint density at radius 1 is 1.13 bits per heavy atom. The van der Waals surface area contributed by atoms with E-state index in [0.29, 0.717) is 0 Å². The number of hydrogen-bond donors (Lipinski definition) is 0. The fraction of sp³-hybridized carbons (Fsp3) is 0.385. The minimum Gasteiger partial charge on any atom is -0.291 e. The van der Waals surface area contributed by atoms with Crippen LogP contribution < -0.4 is 0 Å². The first-order chi connectivity index (χ1) is 6.93. The fourth-order valence-electron chi connectivity index (χ4n) is 1.52. The first-order valence-electron chi connectivity index (χ1n) is 5.03. The summed E-state index contributed by atoms with van der Waals surface area (Å²) in [6.45, 7) is 5.27. The van der Waals surface area contributed by atoms with Gasteiger partial charge in [-0.2, -0.15) is 0 Å². The van der Waals surface area contributed by atoms with Gasteiger partial charge in [0.15, 0.2) is 11.6 Å². The highest BCUT2D eigenvalue weighted by molar-refractivity contribution is 6.36. The summed E-state index contributed by atoms with van der Waals surface area (Å²) in [7, 11) is 0. The van der Waals surface area contributed by atoms with Crippen LogP contribution in [0.25, 0.3) is 0 Å². The minimum atomic E-state index is -0.362. The zero-order chi connectivity index (χ0) is 11.5. The van der Waals surface area contributed by atoms with Crippen LogP contribution in [0.1, 0.15) is 32.8 Å². The molecular weight excluding hydrogens is 188 g/mol. The average Bonchev–Trinajstić information content (AvgIpc) is 2.18. The molecule has 15 heavy (non-hydrogen) atoms. The van der Waals surface area contributed by atoms with Crippen molar-refractivity contribution in [3.05, 3.63) is 35.9 Å². The third kappa shape index (κ3) is 3.01. The molecule has 0 saturated heterocycles. The molecule has 1 aromatic rings. The molecule has 0 heterocycles. The Hall–Kier alpha value is -1.44. The maximum atomic E-state index is 11.4. The summed E-state index contributed by atoms with van der Waals surface area (Å²) in [4.78, 5) is 22.3. The largest absolute Gasteiger partial charge is 0.291 e. The van der Waals surface area contributed by atoms with E-state index in [1.807, 2.05) is 44.2 Å². The van der Waals surface area contributed by atoms with E-state index in [4.69, 9.17) is 0 Å². The number of hydrogen-bond acceptors (Lipinski definition) is 2. The molecule has 1 aromatic carbocycles. The van der Waals surface area contributed by atoms with Gasteiger partial charge >= 0.3 is 0 Å². The van der Waals surface area contributed by atoms with Crippen molar-refractivity contribution in [2.75, 3.05) is 0 Å². The Morgan fingerprint density at radius 3 is 2.13 bits per heavy atom. The van der Waals surface area contributed by atoms with E-state index >= 15 is 0 Å². The van der Waals surface area contributed by atoms with Crippen LogP contribution in [0.5, 0.6) is 0 Å². The number of carbonyl (C=O) groups excluding carboxylic acids is 2. The number of carbonyl (C=O) groups is 2. The highest BCUT2D eigenvalue weighted by Crippen LogP contribution is 2.26. The summed E-state index contributed by atoms with van der Waals surface area (Å²) in [5.41, 5.74) is 0.809. The van der Waals surface area contributed by atoms with E-state index in [1.54, 1.807) is 0 Å². The van der Waals surface area contributed by atoms with Crippen LogP contribution in [0.4, 0.5) is 0 Å². The van der Waals surface area contributed by atoms with Gasteiger partial charge < -0.3 is 0 Å². The monoisotopic (exact) mass is 204 g/mol. The lowest BCUT2D eigenvalue weighted by molar-refractivity contribution is -0.136. The number of benzene rings is 1. The predicted octanol–water partition coefficient (Wildman–Crippen LogP) is 2.51. The Labute approximate surface area is 90.3 Å². The second-order valence-corrected chi connectivity index (χ2v) is 4.41. The molecule has 0 aliphatic carbocycles. The van der Waals surface area contributed by atoms with Gasteiger partial charge in [-0.3, -0.25) is 9.59 Å². The van der Waals surface area contributed by atoms with Crippen molar-refractivity contribution in [2.24, 2.45) is 0 Å². The van der Waals surface area contributed by atoms with Crippen LogP contribution in [0, 0.1) is 0 Å². The Bertz CT molecular complexity index is 363. The Morgan fingerprint density at radius 2 is 1.67 bits per heavy atom. The summed E-state index contributed by atoms with van der Waals surface area (Å²) >= 11 is 0. The van der Waals surface area contributed by atoms with Crippen molar-refractivity contribution in [2.45, 2.75) is 32.6 Å². The van der Waals surface area contributed by atoms with E-state index in [2.05, 4.69) is 0 Å². The van der Waals surface area contributed by atoms with Gasteiger partial charge in [-0.1, -0.05) is 44.2 Å². The van der Waals surface area contributed by atoms with Gasteiger partial charge in [0, 0.05) is 13.3 Å². The summed E-state index contributed by atoms with van der Waals surface area (Å²) in [5.74, 6) is -0.664. The van der Waals surface area contributed by atoms with Gasteiger partial charge in [0.25, 0.3) is 0 Å². The van der Waals surface area contributed by atoms with Crippen LogP contribution in [0.2, 0.25) is 0 Å². The molecule has 0 N–H and O–H groups in total. The average molecular weight is 204 g/mol. The second kappa shape index (κ2) is 4.39. The first kappa shape index (κ1) is 11.6. The Balaban J connectivity index is 2.85. The normalized spacial score (nSPS) is 11.1. The van der Waals surface area contributed by atoms with Crippen LogP contribution in [0.3, 0.4) is 0 Å². The predicted molar refractivity (Wildman–Crippen MR) is 59.8 cm³/mol. The van der Waals surface area contributed by atoms with E-state index in [9.17, 15) is 9.59 Å². The van der Waals surface area contributed by atoms with Crippen molar-refractivity contribution >= 4 is 11.6 Å². The van der Waals surface area contributed by atoms with Gasteiger partial charge in [-0.15, -0.1) is 0 Å². The molecule has 2 nitrogen and oxygen atoms in total. The molecule has 0 saturated carbocycles. The quantitative estimate of drug-likeness (QED) is 0.706. The lowest BCUT2D eigenvalue weighted by Gasteiger charge is -2.23. The van der Waals surface area contributed by atoms with E-state index in [0.717, 1.165) is 5.56 Å². The summed E-state index contributed by atoms with van der Waals surface area (Å²) in [5, 5.41) is 0. The standard InChI is InChI=1S/C13H16O2/c1-10(14)12(15)9-13(2,3)11-7-5-4-6-8-11/h4-8H,9H2,1-3H3. The Kier molecular flexibility index (Phi) is 3.40. The molecule has 0 aliphatic heterocycles. The zero-order valence-corrected chi connectivity index (χ0v) is 9.41. The molecule has 0 radical (unpaired) electrons. The summed E-state index contributed by atoms with van der Waals surface area (Å²) in [6.07, 6.45) is 0.270. The molecular formula is C13H16O2. The molecule has 0 amide bonds. The lowest BCUT2D eigenvalue weighted by atomic mass is 9.80. The topological polar surface area (TPSA) is 34.1 Å². The van der Waals surface area contributed by atoms with Crippen molar-refractivity contribution < 1.29 is 9.59 Å². The van der Waals surface area contributed by atoms with Crippen LogP contribution in [0.15, 0.2) is 30.3 Å². The number of rotatable bonds is 4. The second-order valence-electron chi connectivity index (χ2n) is 4.41. The van der Waals surface area contributed by atoms with Gasteiger partial charge in [-0.25, -0.2) is 0 Å². The van der Waals surface area contributed by atoms with Crippen molar-refractivity contribution in [1.29, 1.82) is 0 Å². The van der Waals surface area contributed by atoms with Gasteiger partial charge in [0.1, 0.15) is 0 Å². The number of ketones is 2. The van der Waals surface area contributed by atoms with E-state index in [-0.39, 0.29) is 23.4 Å². The molecule has 2 heteroatoms. The molecule has 80 valence electrons. The van der Waals surface area contributed by atoms with Gasteiger partial charge in [0.2, 0.25) is 0 Å². The maximum Gasteiger partial charge on any atom is 0.198 e. The van der Waals surface area contributed by atoms with Crippen molar-refractivity contribution in [1.82, 2.24) is 0 Å². The summed E-state index contributed by atoms with van der Waals surface area (Å²) in [6, 6.07) is 9.78. The molecule has 0 atom stereocenters. The highest BCUT2D eigenvalue weighted by Gasteiger charge is 2.25. The number of Topliss-reactive ketones (excluding diaryl/α,β-unsaturated/α-hetero) is 2. The molecule has 0 bridgehead atoms. The SMILES string of the molecule is CC(=O)C(=O)CC(C)(C)c1ccccc1. The van der Waals surface area contributed by atoms with Crippen LogP contribution in [-0.2, 0) is 15.0 Å². The van der Waals surface area contributed by atoms with Gasteiger partial charge in [0.05, 0.1) is 0 Å². The molecule has 0 unspecified atom stereocenters. The third-order valence-corrected chi connectivity index (χ3v) is 2.55. The summed E-state index contributed by atoms with van der Waals surface area (Å²) < 4.78 is 0. The lowest BCUT2D eigenvalue weighted by Crippen LogP contribution is -2.25. The van der Waals surface area contributed by atoms with Crippen LogP contribution >= 0.6 is 0 Å².